The molecule has 1 fully saturated rings. The number of rotatable bonds is 4. The minimum absolute atomic E-state index is 0.132. The minimum Gasteiger partial charge on any atom is -0.497 e. The Hall–Kier alpha value is -1.03. The van der Waals surface area contributed by atoms with Crippen LogP contribution in [0, 0.1) is 5.92 Å². The molecule has 0 atom stereocenters. The highest BCUT2D eigenvalue weighted by Gasteiger charge is 2.27. The summed E-state index contributed by atoms with van der Waals surface area (Å²) in [5.41, 5.74) is 0.648. The van der Waals surface area contributed by atoms with E-state index in [1.54, 1.807) is 20.3 Å². The molecule has 0 N–H and O–H groups in total. The molecule has 4 heteroatoms. The third-order valence-corrected chi connectivity index (χ3v) is 4.33. The van der Waals surface area contributed by atoms with Crippen molar-refractivity contribution in [1.29, 1.82) is 0 Å². The first-order chi connectivity index (χ1) is 9.17. The molecule has 0 aromatic heterocycles. The molecule has 19 heavy (non-hydrogen) atoms. The van der Waals surface area contributed by atoms with Crippen LogP contribution in [0.2, 0.25) is 0 Å². The van der Waals surface area contributed by atoms with Gasteiger partial charge in [-0.1, -0.05) is 19.3 Å². The Kier molecular flexibility index (Phi) is 4.86. The number of benzene rings is 1. The fourth-order valence-corrected chi connectivity index (χ4v) is 3.26. The van der Waals surface area contributed by atoms with Gasteiger partial charge in [0.15, 0.2) is 5.78 Å². The van der Waals surface area contributed by atoms with E-state index in [4.69, 9.17) is 9.47 Å². The molecule has 0 spiro atoms. The van der Waals surface area contributed by atoms with Gasteiger partial charge in [-0.25, -0.2) is 0 Å². The second-order valence-corrected chi connectivity index (χ2v) is 5.74. The van der Waals surface area contributed by atoms with Gasteiger partial charge in [0.2, 0.25) is 0 Å². The first-order valence-electron chi connectivity index (χ1n) is 6.63. The first kappa shape index (κ1) is 14.4. The maximum Gasteiger partial charge on any atom is 0.170 e. The molecular weight excluding hydrogens is 308 g/mol. The van der Waals surface area contributed by atoms with Gasteiger partial charge in [-0.05, 0) is 34.8 Å². The van der Waals surface area contributed by atoms with E-state index in [1.807, 2.05) is 6.07 Å². The van der Waals surface area contributed by atoms with Gasteiger partial charge in [-0.2, -0.15) is 0 Å². The molecule has 0 amide bonds. The molecule has 104 valence electrons. The summed E-state index contributed by atoms with van der Waals surface area (Å²) in [6.45, 7) is 0. The van der Waals surface area contributed by atoms with Crippen molar-refractivity contribution >= 4 is 21.7 Å². The third kappa shape index (κ3) is 3.11. The zero-order valence-corrected chi connectivity index (χ0v) is 13.0. The van der Waals surface area contributed by atoms with Crippen molar-refractivity contribution < 1.29 is 14.3 Å². The van der Waals surface area contributed by atoms with Crippen molar-refractivity contribution in [3.8, 4) is 11.5 Å². The normalized spacial score (nSPS) is 16.2. The van der Waals surface area contributed by atoms with Crippen LogP contribution >= 0.6 is 15.9 Å². The van der Waals surface area contributed by atoms with Crippen LogP contribution in [0.25, 0.3) is 0 Å². The van der Waals surface area contributed by atoms with Crippen molar-refractivity contribution in [2.24, 2.45) is 5.92 Å². The van der Waals surface area contributed by atoms with Gasteiger partial charge in [0.1, 0.15) is 11.5 Å². The fourth-order valence-electron chi connectivity index (χ4n) is 2.64. The first-order valence-corrected chi connectivity index (χ1v) is 7.42. The number of halogens is 1. The summed E-state index contributed by atoms with van der Waals surface area (Å²) in [5.74, 6) is 1.59. The van der Waals surface area contributed by atoms with Crippen molar-refractivity contribution in [3.63, 3.8) is 0 Å². The van der Waals surface area contributed by atoms with Crippen LogP contribution < -0.4 is 9.47 Å². The highest BCUT2D eigenvalue weighted by Crippen LogP contribution is 2.36. The van der Waals surface area contributed by atoms with E-state index in [-0.39, 0.29) is 11.7 Å². The molecular formula is C15H19BrO3. The second-order valence-electron chi connectivity index (χ2n) is 4.89. The highest BCUT2D eigenvalue weighted by atomic mass is 79.9. The van der Waals surface area contributed by atoms with E-state index in [2.05, 4.69) is 15.9 Å². The number of Topliss-reactive ketones (excluding diaryl/α,β-unsaturated/α-hetero) is 1. The zero-order valence-electron chi connectivity index (χ0n) is 11.4. The lowest BCUT2D eigenvalue weighted by molar-refractivity contribution is 0.0885. The van der Waals surface area contributed by atoms with Gasteiger partial charge < -0.3 is 9.47 Å². The Morgan fingerprint density at radius 3 is 2.42 bits per heavy atom. The van der Waals surface area contributed by atoms with Gasteiger partial charge in [0.05, 0.1) is 19.8 Å². The number of carbonyl (C=O) groups is 1. The largest absolute Gasteiger partial charge is 0.497 e. The summed E-state index contributed by atoms with van der Waals surface area (Å²) in [6, 6.07) is 3.58. The van der Waals surface area contributed by atoms with Crippen molar-refractivity contribution in [3.05, 3.63) is 22.2 Å². The van der Waals surface area contributed by atoms with Gasteiger partial charge in [-0.3, -0.25) is 4.79 Å². The van der Waals surface area contributed by atoms with Crippen molar-refractivity contribution in [2.75, 3.05) is 14.2 Å². The molecule has 1 aliphatic carbocycles. The maximum absolute atomic E-state index is 12.6. The lowest BCUT2D eigenvalue weighted by atomic mass is 9.83. The van der Waals surface area contributed by atoms with Gasteiger partial charge in [0, 0.05) is 16.5 Å². The number of ether oxygens (including phenoxy) is 2. The van der Waals surface area contributed by atoms with Crippen LogP contribution in [-0.4, -0.2) is 20.0 Å². The summed E-state index contributed by atoms with van der Waals surface area (Å²) in [6.07, 6.45) is 5.50. The fraction of sp³-hybridized carbons (Fsp3) is 0.533. The van der Waals surface area contributed by atoms with E-state index in [0.717, 1.165) is 30.2 Å². The van der Waals surface area contributed by atoms with Crippen LogP contribution in [0.1, 0.15) is 42.5 Å². The number of hydrogen-bond acceptors (Lipinski definition) is 3. The molecule has 0 heterocycles. The summed E-state index contributed by atoms with van der Waals surface area (Å²) < 4.78 is 11.3. The standard InChI is InChI=1S/C15H19BrO3/c1-18-11-8-12(16)14(13(9-11)19-2)15(17)10-6-4-3-5-7-10/h8-10H,3-7H2,1-2H3. The minimum atomic E-state index is 0.132. The van der Waals surface area contributed by atoms with Crippen molar-refractivity contribution in [2.45, 2.75) is 32.1 Å². The number of ketones is 1. The second kappa shape index (κ2) is 6.42. The van der Waals surface area contributed by atoms with Crippen LogP contribution in [0.4, 0.5) is 0 Å². The molecule has 1 saturated carbocycles. The van der Waals surface area contributed by atoms with Gasteiger partial charge >= 0.3 is 0 Å². The number of carbonyl (C=O) groups excluding carboxylic acids is 1. The molecule has 2 rings (SSSR count). The Morgan fingerprint density at radius 2 is 1.84 bits per heavy atom. The summed E-state index contributed by atoms with van der Waals surface area (Å²) in [7, 11) is 3.18. The Bertz CT molecular complexity index is 465. The smallest absolute Gasteiger partial charge is 0.170 e. The maximum atomic E-state index is 12.6. The number of hydrogen-bond donors (Lipinski definition) is 0. The predicted octanol–water partition coefficient (Wildman–Crippen LogP) is 4.23. The number of methoxy groups -OCH3 is 2. The van der Waals surface area contributed by atoms with E-state index < -0.39 is 0 Å². The quantitative estimate of drug-likeness (QED) is 0.777. The van der Waals surface area contributed by atoms with Gasteiger partial charge in [-0.15, -0.1) is 0 Å². The summed E-state index contributed by atoms with van der Waals surface area (Å²) in [5, 5.41) is 0. The van der Waals surface area contributed by atoms with Crippen molar-refractivity contribution in [1.82, 2.24) is 0 Å². The van der Waals surface area contributed by atoms with E-state index >= 15 is 0 Å². The summed E-state index contributed by atoms with van der Waals surface area (Å²) >= 11 is 3.47. The van der Waals surface area contributed by atoms with E-state index in [9.17, 15) is 4.79 Å². The lowest BCUT2D eigenvalue weighted by Gasteiger charge is -2.22. The third-order valence-electron chi connectivity index (χ3n) is 3.71. The average molecular weight is 327 g/mol. The Morgan fingerprint density at radius 1 is 1.16 bits per heavy atom. The predicted molar refractivity (Wildman–Crippen MR) is 78.2 cm³/mol. The van der Waals surface area contributed by atoms with E-state index in [0.29, 0.717) is 17.1 Å². The SMILES string of the molecule is COc1cc(Br)c(C(=O)C2CCCCC2)c(OC)c1. The Balaban J connectivity index is 2.34. The van der Waals surface area contributed by atoms with Crippen LogP contribution in [0.5, 0.6) is 11.5 Å². The lowest BCUT2D eigenvalue weighted by Crippen LogP contribution is -2.19. The molecule has 1 aromatic rings. The molecule has 1 aliphatic rings. The molecule has 0 aliphatic heterocycles. The molecule has 0 unspecified atom stereocenters. The van der Waals surface area contributed by atoms with Crippen LogP contribution in [-0.2, 0) is 0 Å². The summed E-state index contributed by atoms with van der Waals surface area (Å²) in [4.78, 5) is 12.6. The van der Waals surface area contributed by atoms with Gasteiger partial charge in [0.25, 0.3) is 0 Å². The molecule has 0 radical (unpaired) electrons. The average Bonchev–Trinajstić information content (AvgIpc) is 2.46. The highest BCUT2D eigenvalue weighted by molar-refractivity contribution is 9.10. The van der Waals surface area contributed by atoms with Crippen LogP contribution in [0.15, 0.2) is 16.6 Å². The van der Waals surface area contributed by atoms with E-state index in [1.165, 1.54) is 6.42 Å². The molecule has 0 saturated heterocycles. The Labute approximate surface area is 122 Å². The molecule has 3 nitrogen and oxygen atoms in total. The zero-order chi connectivity index (χ0) is 13.8. The molecule has 1 aromatic carbocycles. The topological polar surface area (TPSA) is 35.5 Å². The molecule has 0 bridgehead atoms. The van der Waals surface area contributed by atoms with Crippen LogP contribution in [0.3, 0.4) is 0 Å². The monoisotopic (exact) mass is 326 g/mol.